The van der Waals surface area contributed by atoms with Gasteiger partial charge in [0.05, 0.1) is 10.6 Å². The van der Waals surface area contributed by atoms with Crippen molar-refractivity contribution in [2.75, 3.05) is 4.90 Å². The van der Waals surface area contributed by atoms with Crippen LogP contribution in [0.25, 0.3) is 6.08 Å². The third-order valence-electron chi connectivity index (χ3n) is 5.53. The summed E-state index contributed by atoms with van der Waals surface area (Å²) in [6, 6.07) is 24.2. The predicted molar refractivity (Wildman–Crippen MR) is 143 cm³/mol. The van der Waals surface area contributed by atoms with Crippen LogP contribution in [0.2, 0.25) is 0 Å². The highest BCUT2D eigenvalue weighted by Crippen LogP contribution is 2.37. The summed E-state index contributed by atoms with van der Waals surface area (Å²) >= 11 is 6.88. The molecule has 1 heterocycles. The van der Waals surface area contributed by atoms with E-state index in [4.69, 9.17) is 17.0 Å². The topological polar surface area (TPSA) is 29.5 Å². The molecule has 1 fully saturated rings. The minimum Gasteiger partial charge on any atom is -0.488 e. The number of benzene rings is 3. The van der Waals surface area contributed by atoms with Crippen molar-refractivity contribution in [3.05, 3.63) is 100.0 Å². The van der Waals surface area contributed by atoms with Gasteiger partial charge in [-0.25, -0.2) is 0 Å². The number of anilines is 1. The Morgan fingerprint density at radius 2 is 1.67 bits per heavy atom. The van der Waals surface area contributed by atoms with E-state index in [1.54, 1.807) is 4.90 Å². The van der Waals surface area contributed by atoms with Crippen LogP contribution in [0.1, 0.15) is 42.0 Å². The Morgan fingerprint density at radius 3 is 2.39 bits per heavy atom. The van der Waals surface area contributed by atoms with E-state index in [-0.39, 0.29) is 5.91 Å². The molecule has 1 aliphatic rings. The fourth-order valence-electron chi connectivity index (χ4n) is 3.60. The van der Waals surface area contributed by atoms with E-state index in [0.717, 1.165) is 41.8 Å². The van der Waals surface area contributed by atoms with Crippen molar-refractivity contribution in [3.8, 4) is 5.75 Å². The first kappa shape index (κ1) is 23.3. The van der Waals surface area contributed by atoms with E-state index < -0.39 is 0 Å². The predicted octanol–water partition coefficient (Wildman–Crippen LogP) is 7.32. The molecule has 1 amide bonds. The summed E-state index contributed by atoms with van der Waals surface area (Å²) in [4.78, 5) is 15.4. The zero-order valence-corrected chi connectivity index (χ0v) is 20.5. The lowest BCUT2D eigenvalue weighted by atomic mass is 10.1. The summed E-state index contributed by atoms with van der Waals surface area (Å²) in [6.07, 6.45) is 5.25. The number of nitrogens with zero attached hydrogens (tertiary/aromatic N) is 1. The van der Waals surface area contributed by atoms with Crippen LogP contribution >= 0.6 is 24.0 Å². The van der Waals surface area contributed by atoms with Crippen LogP contribution in [-0.4, -0.2) is 10.2 Å². The number of hydrogen-bond donors (Lipinski definition) is 0. The monoisotopic (exact) mass is 473 g/mol. The largest absolute Gasteiger partial charge is 0.488 e. The number of carbonyl (C=O) groups excluding carboxylic acids is 1. The Morgan fingerprint density at radius 1 is 0.970 bits per heavy atom. The van der Waals surface area contributed by atoms with Gasteiger partial charge in [-0.1, -0.05) is 97.5 Å². The average Bonchev–Trinajstić information content (AvgIpc) is 3.11. The second-order valence-electron chi connectivity index (χ2n) is 8.10. The first-order valence-corrected chi connectivity index (χ1v) is 12.4. The summed E-state index contributed by atoms with van der Waals surface area (Å²) in [5.74, 6) is 0.642. The molecule has 0 aliphatic carbocycles. The third kappa shape index (κ3) is 5.73. The number of amides is 1. The number of aryl methyl sites for hydroxylation is 2. The molecule has 0 spiro atoms. The first-order chi connectivity index (χ1) is 16.0. The number of thioether (sulfide) groups is 1. The van der Waals surface area contributed by atoms with Crippen molar-refractivity contribution < 1.29 is 9.53 Å². The van der Waals surface area contributed by atoms with E-state index in [1.807, 2.05) is 42.5 Å². The molecule has 0 radical (unpaired) electrons. The van der Waals surface area contributed by atoms with Crippen LogP contribution < -0.4 is 9.64 Å². The molecule has 168 valence electrons. The fourth-order valence-corrected chi connectivity index (χ4v) is 4.89. The molecule has 3 nitrogen and oxygen atoms in total. The number of hydrogen-bond acceptors (Lipinski definition) is 4. The Balaban J connectivity index is 1.51. The lowest BCUT2D eigenvalue weighted by Gasteiger charge is -2.15. The van der Waals surface area contributed by atoms with E-state index >= 15 is 0 Å². The minimum atomic E-state index is -0.0976. The highest BCUT2D eigenvalue weighted by molar-refractivity contribution is 8.27. The zero-order valence-electron chi connectivity index (χ0n) is 18.9. The molecular formula is C28H27NO2S2. The summed E-state index contributed by atoms with van der Waals surface area (Å²) in [7, 11) is 0. The molecular weight excluding hydrogens is 446 g/mol. The molecule has 0 N–H and O–H groups in total. The quantitative estimate of drug-likeness (QED) is 0.253. The molecule has 0 saturated carbocycles. The van der Waals surface area contributed by atoms with Gasteiger partial charge in [0.1, 0.15) is 12.4 Å². The molecule has 0 bridgehead atoms. The standard InChI is InChI=1S/C28H27NO2S2/c1-3-4-7-21-14-16-24(17-15-21)29-27(30)26(33-28(29)32)18-23-8-5-6-9-25(23)31-19-22-12-10-20(2)11-13-22/h5-6,8-18H,3-4,7,19H2,1-2H3/b26-18-. The second kappa shape index (κ2) is 10.8. The van der Waals surface area contributed by atoms with Crippen molar-refractivity contribution in [3.63, 3.8) is 0 Å². The maximum absolute atomic E-state index is 13.2. The molecule has 0 atom stereocenters. The van der Waals surface area contributed by atoms with E-state index in [2.05, 4.69) is 50.2 Å². The summed E-state index contributed by atoms with van der Waals surface area (Å²) < 4.78 is 6.63. The molecule has 0 unspecified atom stereocenters. The number of unbranched alkanes of at least 4 members (excludes halogenated alkanes) is 1. The van der Waals surface area contributed by atoms with Crippen LogP contribution in [0.4, 0.5) is 5.69 Å². The Labute approximate surface area is 205 Å². The van der Waals surface area contributed by atoms with Gasteiger partial charge in [-0.2, -0.15) is 0 Å². The van der Waals surface area contributed by atoms with Gasteiger partial charge < -0.3 is 4.74 Å². The van der Waals surface area contributed by atoms with Crippen LogP contribution in [0, 0.1) is 6.92 Å². The highest BCUT2D eigenvalue weighted by Gasteiger charge is 2.33. The Kier molecular flexibility index (Phi) is 7.63. The molecule has 0 aromatic heterocycles. The van der Waals surface area contributed by atoms with E-state index in [0.29, 0.717) is 15.8 Å². The number of ether oxygens (including phenoxy) is 1. The Hall–Kier alpha value is -2.89. The van der Waals surface area contributed by atoms with Gasteiger partial charge in [-0.15, -0.1) is 0 Å². The number of para-hydroxylation sites is 1. The van der Waals surface area contributed by atoms with Crippen molar-refractivity contribution >= 4 is 46.0 Å². The van der Waals surface area contributed by atoms with Crippen LogP contribution in [0.15, 0.2) is 77.7 Å². The van der Waals surface area contributed by atoms with Crippen molar-refractivity contribution in [2.45, 2.75) is 39.7 Å². The molecule has 33 heavy (non-hydrogen) atoms. The average molecular weight is 474 g/mol. The van der Waals surface area contributed by atoms with Crippen LogP contribution in [-0.2, 0) is 17.8 Å². The van der Waals surface area contributed by atoms with Crippen LogP contribution in [0.3, 0.4) is 0 Å². The van der Waals surface area contributed by atoms with Crippen LogP contribution in [0.5, 0.6) is 5.75 Å². The molecule has 4 rings (SSSR count). The van der Waals surface area contributed by atoms with Gasteiger partial charge in [0.2, 0.25) is 0 Å². The minimum absolute atomic E-state index is 0.0976. The van der Waals surface area contributed by atoms with E-state index in [1.165, 1.54) is 22.9 Å². The normalized spacial score (nSPS) is 14.8. The highest BCUT2D eigenvalue weighted by atomic mass is 32.2. The summed E-state index contributed by atoms with van der Waals surface area (Å²) in [5.41, 5.74) is 5.27. The molecule has 1 aliphatic heterocycles. The maximum Gasteiger partial charge on any atom is 0.270 e. The summed E-state index contributed by atoms with van der Waals surface area (Å²) in [6.45, 7) is 4.72. The molecule has 3 aromatic carbocycles. The molecule has 3 aromatic rings. The van der Waals surface area contributed by atoms with Crippen molar-refractivity contribution in [2.24, 2.45) is 0 Å². The number of thiocarbonyl (C=S) groups is 1. The van der Waals surface area contributed by atoms with E-state index in [9.17, 15) is 4.79 Å². The smallest absolute Gasteiger partial charge is 0.270 e. The van der Waals surface area contributed by atoms with Crippen molar-refractivity contribution in [1.29, 1.82) is 0 Å². The third-order valence-corrected chi connectivity index (χ3v) is 6.83. The van der Waals surface area contributed by atoms with Gasteiger partial charge in [0.25, 0.3) is 5.91 Å². The van der Waals surface area contributed by atoms with Gasteiger partial charge >= 0.3 is 0 Å². The summed E-state index contributed by atoms with van der Waals surface area (Å²) in [5, 5.41) is 0. The second-order valence-corrected chi connectivity index (χ2v) is 9.77. The van der Waals surface area contributed by atoms with Crippen molar-refractivity contribution in [1.82, 2.24) is 0 Å². The fraction of sp³-hybridized carbons (Fsp3) is 0.214. The van der Waals surface area contributed by atoms with Gasteiger partial charge in [-0.05, 0) is 55.2 Å². The van der Waals surface area contributed by atoms with Gasteiger partial charge in [0.15, 0.2) is 4.32 Å². The molecule has 1 saturated heterocycles. The van der Waals surface area contributed by atoms with Gasteiger partial charge in [-0.3, -0.25) is 9.69 Å². The van der Waals surface area contributed by atoms with Gasteiger partial charge in [0, 0.05) is 5.56 Å². The lowest BCUT2D eigenvalue weighted by molar-refractivity contribution is -0.113. The SMILES string of the molecule is CCCCc1ccc(N2C(=O)/C(=C/c3ccccc3OCc3ccc(C)cc3)SC2=S)cc1. The lowest BCUT2D eigenvalue weighted by Crippen LogP contribution is -2.27. The maximum atomic E-state index is 13.2. The first-order valence-electron chi connectivity index (χ1n) is 11.2. The number of rotatable bonds is 8. The zero-order chi connectivity index (χ0) is 23.2. The Bertz CT molecular complexity index is 1170. The number of carbonyl (C=O) groups is 1. The molecule has 5 heteroatoms.